The van der Waals surface area contributed by atoms with E-state index in [1.165, 1.54) is 18.2 Å². The molecule has 2 aromatic heterocycles. The van der Waals surface area contributed by atoms with Crippen LogP contribution in [0, 0.1) is 11.8 Å². The van der Waals surface area contributed by atoms with Gasteiger partial charge < -0.3 is 4.40 Å². The predicted octanol–water partition coefficient (Wildman–Crippen LogP) is 3.92. The lowest BCUT2D eigenvalue weighted by molar-refractivity contribution is -0.124. The molecular formula is C22H34N4O2. The van der Waals surface area contributed by atoms with Gasteiger partial charge in [0.1, 0.15) is 5.65 Å². The van der Waals surface area contributed by atoms with Gasteiger partial charge in [-0.05, 0) is 61.5 Å². The summed E-state index contributed by atoms with van der Waals surface area (Å²) in [7, 11) is 0. The summed E-state index contributed by atoms with van der Waals surface area (Å²) >= 11 is 0. The number of carbonyl (C=O) groups is 1. The van der Waals surface area contributed by atoms with Crippen molar-refractivity contribution in [3.8, 4) is 0 Å². The van der Waals surface area contributed by atoms with Gasteiger partial charge in [-0.3, -0.25) is 14.9 Å². The molecular weight excluding hydrogens is 352 g/mol. The van der Waals surface area contributed by atoms with Crippen LogP contribution in [0.2, 0.25) is 0 Å². The van der Waals surface area contributed by atoms with E-state index in [1.807, 2.05) is 18.3 Å². The minimum atomic E-state index is -0.548. The van der Waals surface area contributed by atoms with Crippen LogP contribution in [0.4, 0.5) is 0 Å². The molecule has 1 amide bonds. The van der Waals surface area contributed by atoms with Crippen molar-refractivity contribution in [2.45, 2.75) is 54.0 Å². The quantitative estimate of drug-likeness (QED) is 0.369. The minimum absolute atomic E-state index is 0.530. The van der Waals surface area contributed by atoms with Crippen molar-refractivity contribution in [1.29, 1.82) is 0 Å². The second kappa shape index (κ2) is 10.4. The molecule has 0 aliphatic rings. The zero-order chi connectivity index (χ0) is 20.7. The number of hydrogen-bond acceptors (Lipinski definition) is 4. The number of aromatic nitrogens is 2. The maximum Gasteiger partial charge on any atom is 0.267 e. The third-order valence-electron chi connectivity index (χ3n) is 4.81. The Morgan fingerprint density at radius 3 is 2.68 bits per heavy atom. The highest BCUT2D eigenvalue weighted by molar-refractivity contribution is 5.90. The number of hydrogen-bond donors (Lipinski definition) is 2. The van der Waals surface area contributed by atoms with Gasteiger partial charge in [-0.25, -0.2) is 10.5 Å². The van der Waals surface area contributed by atoms with Crippen molar-refractivity contribution < 1.29 is 10.0 Å². The summed E-state index contributed by atoms with van der Waals surface area (Å²) in [4.78, 5) is 18.6. The third kappa shape index (κ3) is 6.17. The Labute approximate surface area is 168 Å². The molecule has 28 heavy (non-hydrogen) atoms. The predicted molar refractivity (Wildman–Crippen MR) is 113 cm³/mol. The zero-order valence-corrected chi connectivity index (χ0v) is 17.8. The van der Waals surface area contributed by atoms with Crippen molar-refractivity contribution in [2.24, 2.45) is 11.8 Å². The summed E-state index contributed by atoms with van der Waals surface area (Å²) in [5, 5.41) is 8.62. The summed E-state index contributed by atoms with van der Waals surface area (Å²) in [5.74, 6) is 0.673. The molecule has 0 spiro atoms. The van der Waals surface area contributed by atoms with Gasteiger partial charge in [0.05, 0.1) is 11.4 Å². The van der Waals surface area contributed by atoms with Crippen LogP contribution in [-0.4, -0.2) is 38.5 Å². The molecule has 6 heteroatoms. The number of nitrogens with zero attached hydrogens (tertiary/aromatic N) is 3. The zero-order valence-electron chi connectivity index (χ0n) is 17.8. The lowest BCUT2D eigenvalue weighted by Crippen LogP contribution is -2.26. The highest BCUT2D eigenvalue weighted by Gasteiger charge is 2.16. The molecule has 6 nitrogen and oxygen atoms in total. The fourth-order valence-corrected chi connectivity index (χ4v) is 3.19. The lowest BCUT2D eigenvalue weighted by atomic mass is 10.1. The van der Waals surface area contributed by atoms with Crippen LogP contribution in [0.5, 0.6) is 0 Å². The Morgan fingerprint density at radius 1 is 1.32 bits per heavy atom. The van der Waals surface area contributed by atoms with Crippen molar-refractivity contribution >= 4 is 17.6 Å². The van der Waals surface area contributed by atoms with Gasteiger partial charge in [0.2, 0.25) is 0 Å². The van der Waals surface area contributed by atoms with E-state index in [1.54, 1.807) is 11.6 Å². The van der Waals surface area contributed by atoms with Gasteiger partial charge in [-0.2, -0.15) is 0 Å². The first kappa shape index (κ1) is 22.1. The molecule has 0 radical (unpaired) electrons. The fraction of sp³-hybridized carbons (Fsp3) is 0.545. The minimum Gasteiger partial charge on any atom is -0.302 e. The normalized spacial score (nSPS) is 12.2. The summed E-state index contributed by atoms with van der Waals surface area (Å²) in [5.41, 5.74) is 5.75. The van der Waals surface area contributed by atoms with E-state index in [-0.39, 0.29) is 0 Å². The molecule has 0 aromatic carbocycles. The van der Waals surface area contributed by atoms with E-state index in [2.05, 4.69) is 43.9 Å². The average Bonchev–Trinajstić information content (AvgIpc) is 2.98. The molecule has 0 saturated carbocycles. The molecule has 0 unspecified atom stereocenters. The number of carbonyl (C=O) groups excluding carboxylic acids is 1. The average molecular weight is 387 g/mol. The first-order valence-electron chi connectivity index (χ1n) is 10.2. The number of hydroxylamine groups is 1. The largest absolute Gasteiger partial charge is 0.302 e. The smallest absolute Gasteiger partial charge is 0.267 e. The second-order valence-electron chi connectivity index (χ2n) is 8.15. The van der Waals surface area contributed by atoms with Crippen molar-refractivity contribution in [2.75, 3.05) is 13.1 Å². The monoisotopic (exact) mass is 386 g/mol. The van der Waals surface area contributed by atoms with E-state index >= 15 is 0 Å². The Hall–Kier alpha value is -2.18. The first-order valence-corrected chi connectivity index (χ1v) is 10.2. The molecule has 0 aliphatic carbocycles. The van der Waals surface area contributed by atoms with E-state index < -0.39 is 5.91 Å². The number of rotatable bonds is 10. The standard InChI is InChI=1S/C22H34N4O2/c1-6-25(11-9-16(2)3)15-20-19(13-17(4)5)23-21-14-18(10-12-26(20)21)7-8-22(27)24-28/h7-8,10,12,14,16-17,28H,6,9,11,13,15H2,1-5H3,(H,24,27)/b8-7+. The number of amides is 1. The van der Waals surface area contributed by atoms with Crippen molar-refractivity contribution in [1.82, 2.24) is 19.8 Å². The third-order valence-corrected chi connectivity index (χ3v) is 4.81. The van der Waals surface area contributed by atoms with E-state index in [0.717, 1.165) is 43.0 Å². The number of fused-ring (bicyclic) bond motifs is 1. The van der Waals surface area contributed by atoms with Crippen LogP contribution in [0.3, 0.4) is 0 Å². The summed E-state index contributed by atoms with van der Waals surface area (Å²) in [6.45, 7) is 14.1. The Morgan fingerprint density at radius 2 is 2.07 bits per heavy atom. The van der Waals surface area contributed by atoms with E-state index in [9.17, 15) is 4.79 Å². The number of nitrogens with one attached hydrogen (secondary N) is 1. The van der Waals surface area contributed by atoms with Gasteiger partial charge in [0.15, 0.2) is 0 Å². The molecule has 2 aromatic rings. The van der Waals surface area contributed by atoms with Crippen LogP contribution in [0.1, 0.15) is 58.0 Å². The van der Waals surface area contributed by atoms with Gasteiger partial charge in [0.25, 0.3) is 5.91 Å². The molecule has 0 saturated heterocycles. The van der Waals surface area contributed by atoms with Crippen molar-refractivity contribution in [3.05, 3.63) is 41.4 Å². The molecule has 2 N–H and O–H groups in total. The number of pyridine rings is 1. The summed E-state index contributed by atoms with van der Waals surface area (Å²) < 4.78 is 2.17. The van der Waals surface area contributed by atoms with Crippen LogP contribution < -0.4 is 5.48 Å². The Kier molecular flexibility index (Phi) is 8.20. The van der Waals surface area contributed by atoms with Crippen LogP contribution >= 0.6 is 0 Å². The highest BCUT2D eigenvalue weighted by atomic mass is 16.5. The highest BCUT2D eigenvalue weighted by Crippen LogP contribution is 2.20. The molecule has 154 valence electrons. The maximum absolute atomic E-state index is 11.2. The van der Waals surface area contributed by atoms with Gasteiger partial charge >= 0.3 is 0 Å². The van der Waals surface area contributed by atoms with E-state index in [0.29, 0.717) is 11.8 Å². The lowest BCUT2D eigenvalue weighted by Gasteiger charge is -2.22. The second-order valence-corrected chi connectivity index (χ2v) is 8.15. The SMILES string of the molecule is CCN(CCC(C)C)Cc1c(CC(C)C)nc2cc(/C=C/C(=O)NO)ccn12. The molecule has 0 fully saturated rings. The molecule has 2 heterocycles. The first-order chi connectivity index (χ1) is 13.3. The van der Waals surface area contributed by atoms with Gasteiger partial charge in [-0.15, -0.1) is 0 Å². The van der Waals surface area contributed by atoms with E-state index in [4.69, 9.17) is 10.2 Å². The Bertz CT molecular complexity index is 808. The van der Waals surface area contributed by atoms with Gasteiger partial charge in [0, 0.05) is 18.8 Å². The topological polar surface area (TPSA) is 69.9 Å². The van der Waals surface area contributed by atoms with Crippen LogP contribution in [0.25, 0.3) is 11.7 Å². The Balaban J connectivity index is 2.35. The maximum atomic E-state index is 11.2. The van der Waals surface area contributed by atoms with Crippen LogP contribution in [-0.2, 0) is 17.8 Å². The molecule has 0 aliphatic heterocycles. The van der Waals surface area contributed by atoms with Gasteiger partial charge in [-0.1, -0.05) is 34.6 Å². The fourth-order valence-electron chi connectivity index (χ4n) is 3.19. The number of imidazole rings is 1. The summed E-state index contributed by atoms with van der Waals surface area (Å²) in [6.07, 6.45) is 7.12. The molecule has 0 bridgehead atoms. The van der Waals surface area contributed by atoms with Crippen LogP contribution in [0.15, 0.2) is 24.4 Å². The molecule has 2 rings (SSSR count). The molecule has 0 atom stereocenters. The summed E-state index contributed by atoms with van der Waals surface area (Å²) in [6, 6.07) is 3.93. The van der Waals surface area contributed by atoms with Crippen molar-refractivity contribution in [3.63, 3.8) is 0 Å².